The van der Waals surface area contributed by atoms with Gasteiger partial charge in [-0.15, -0.1) is 0 Å². The van der Waals surface area contributed by atoms with E-state index >= 15 is 0 Å². The van der Waals surface area contributed by atoms with Crippen molar-refractivity contribution in [3.05, 3.63) is 35.9 Å². The first-order valence-electron chi connectivity index (χ1n) is 5.62. The summed E-state index contributed by atoms with van der Waals surface area (Å²) in [6, 6.07) is 12.3. The largest absolute Gasteiger partial charge is 0.0695 e. The van der Waals surface area contributed by atoms with Crippen molar-refractivity contribution in [1.82, 2.24) is 0 Å². The lowest BCUT2D eigenvalue weighted by Gasteiger charge is -2.14. The predicted molar refractivity (Wildman–Crippen MR) is 67.5 cm³/mol. The fourth-order valence-electron chi connectivity index (χ4n) is 1.63. The number of unbranched alkanes of at least 4 members (excludes halogenated alkanes) is 1. The van der Waals surface area contributed by atoms with E-state index in [9.17, 15) is 0 Å². The van der Waals surface area contributed by atoms with Crippen LogP contribution in [0.25, 0.3) is 0 Å². The van der Waals surface area contributed by atoms with E-state index in [1.54, 1.807) is 0 Å². The van der Waals surface area contributed by atoms with E-state index in [0.29, 0.717) is 0 Å². The van der Waals surface area contributed by atoms with Crippen molar-refractivity contribution < 1.29 is 0 Å². The molecule has 0 aromatic heterocycles. The van der Waals surface area contributed by atoms with E-state index in [1.165, 1.54) is 30.9 Å². The van der Waals surface area contributed by atoms with Crippen LogP contribution in [0.2, 0.25) is 25.7 Å². The Bertz CT molecular complexity index is 246. The second-order valence-corrected chi connectivity index (χ2v) is 10.9. The maximum atomic E-state index is 2.45. The standard InChI is InChI=1S/C13H22Si/c1-14(2,3)12-8-7-11-13-9-5-4-6-10-13/h4-6,9-10H,7-8,11-12H2,1-3H3. The molecule has 0 N–H and O–H groups in total. The molecule has 0 spiro atoms. The van der Waals surface area contributed by atoms with Gasteiger partial charge in [0.05, 0.1) is 0 Å². The van der Waals surface area contributed by atoms with Gasteiger partial charge in [-0.1, -0.05) is 62.4 Å². The summed E-state index contributed by atoms with van der Waals surface area (Å²) >= 11 is 0. The first-order valence-corrected chi connectivity index (χ1v) is 9.32. The molecular weight excluding hydrogens is 184 g/mol. The number of hydrogen-bond donors (Lipinski definition) is 0. The van der Waals surface area contributed by atoms with Gasteiger partial charge in [0.15, 0.2) is 0 Å². The molecule has 0 bridgehead atoms. The lowest BCUT2D eigenvalue weighted by Crippen LogP contribution is -2.18. The third-order valence-electron chi connectivity index (χ3n) is 2.49. The number of hydrogen-bond acceptors (Lipinski definition) is 0. The van der Waals surface area contributed by atoms with Crippen LogP contribution >= 0.6 is 0 Å². The summed E-state index contributed by atoms with van der Waals surface area (Å²) in [5.74, 6) is 0. The van der Waals surface area contributed by atoms with Gasteiger partial charge in [-0.25, -0.2) is 0 Å². The summed E-state index contributed by atoms with van der Waals surface area (Å²) in [6.07, 6.45) is 4.02. The van der Waals surface area contributed by atoms with Gasteiger partial charge in [-0.05, 0) is 18.4 Å². The summed E-state index contributed by atoms with van der Waals surface area (Å²) in [5.41, 5.74) is 1.49. The molecular formula is C13H22Si. The van der Waals surface area contributed by atoms with Crippen LogP contribution in [0.4, 0.5) is 0 Å². The quantitative estimate of drug-likeness (QED) is 0.496. The maximum absolute atomic E-state index is 2.45. The minimum Gasteiger partial charge on any atom is -0.0695 e. The van der Waals surface area contributed by atoms with Gasteiger partial charge in [-0.3, -0.25) is 0 Å². The Hall–Kier alpha value is -0.563. The summed E-state index contributed by atoms with van der Waals surface area (Å²) < 4.78 is 0. The smallest absolute Gasteiger partial charge is 0.0442 e. The SMILES string of the molecule is C[Si](C)(C)CCCCc1ccccc1. The Labute approximate surface area is 89.4 Å². The Morgan fingerprint density at radius 3 is 2.14 bits per heavy atom. The molecule has 0 aliphatic carbocycles. The van der Waals surface area contributed by atoms with Gasteiger partial charge in [0.2, 0.25) is 0 Å². The number of aryl methyl sites for hydroxylation is 1. The molecule has 0 aliphatic rings. The van der Waals surface area contributed by atoms with Crippen LogP contribution in [-0.2, 0) is 6.42 Å². The van der Waals surface area contributed by atoms with Crippen molar-refractivity contribution in [2.75, 3.05) is 0 Å². The minimum atomic E-state index is -0.795. The van der Waals surface area contributed by atoms with Crippen LogP contribution in [-0.4, -0.2) is 8.07 Å². The van der Waals surface area contributed by atoms with Gasteiger partial charge >= 0.3 is 0 Å². The molecule has 0 radical (unpaired) electrons. The van der Waals surface area contributed by atoms with E-state index in [0.717, 1.165) is 0 Å². The topological polar surface area (TPSA) is 0 Å². The van der Waals surface area contributed by atoms with Crippen molar-refractivity contribution in [1.29, 1.82) is 0 Å². The van der Waals surface area contributed by atoms with Crippen molar-refractivity contribution >= 4 is 8.07 Å². The van der Waals surface area contributed by atoms with E-state index in [4.69, 9.17) is 0 Å². The van der Waals surface area contributed by atoms with Gasteiger partial charge in [0, 0.05) is 8.07 Å². The second kappa shape index (κ2) is 5.35. The highest BCUT2D eigenvalue weighted by Crippen LogP contribution is 2.14. The van der Waals surface area contributed by atoms with Crippen LogP contribution < -0.4 is 0 Å². The van der Waals surface area contributed by atoms with Gasteiger partial charge in [0.25, 0.3) is 0 Å². The molecule has 1 aromatic carbocycles. The second-order valence-electron chi connectivity index (χ2n) is 5.25. The third kappa shape index (κ3) is 5.23. The van der Waals surface area contributed by atoms with Gasteiger partial charge in [-0.2, -0.15) is 0 Å². The Morgan fingerprint density at radius 1 is 0.929 bits per heavy atom. The molecule has 1 heteroatoms. The molecule has 0 heterocycles. The van der Waals surface area contributed by atoms with E-state index in [-0.39, 0.29) is 0 Å². The molecule has 0 saturated carbocycles. The average Bonchev–Trinajstić information content (AvgIpc) is 2.13. The summed E-state index contributed by atoms with van der Waals surface area (Å²) in [5, 5.41) is 0. The lowest BCUT2D eigenvalue weighted by molar-refractivity contribution is 0.785. The lowest BCUT2D eigenvalue weighted by atomic mass is 10.1. The van der Waals surface area contributed by atoms with Crippen LogP contribution in [0.1, 0.15) is 18.4 Å². The molecule has 0 nitrogen and oxygen atoms in total. The van der Waals surface area contributed by atoms with Crippen LogP contribution in [0.3, 0.4) is 0 Å². The van der Waals surface area contributed by atoms with Crippen LogP contribution in [0, 0.1) is 0 Å². The molecule has 78 valence electrons. The highest BCUT2D eigenvalue weighted by atomic mass is 28.3. The zero-order valence-corrected chi connectivity index (χ0v) is 10.7. The molecule has 0 aliphatic heterocycles. The first-order chi connectivity index (χ1) is 6.58. The molecule has 0 saturated heterocycles. The summed E-state index contributed by atoms with van der Waals surface area (Å²) in [7, 11) is -0.795. The van der Waals surface area contributed by atoms with E-state index < -0.39 is 8.07 Å². The van der Waals surface area contributed by atoms with Gasteiger partial charge in [0.1, 0.15) is 0 Å². The summed E-state index contributed by atoms with van der Waals surface area (Å²) in [4.78, 5) is 0. The zero-order valence-electron chi connectivity index (χ0n) is 9.72. The summed E-state index contributed by atoms with van der Waals surface area (Å²) in [6.45, 7) is 7.36. The predicted octanol–water partition coefficient (Wildman–Crippen LogP) is 4.35. The molecule has 1 rings (SSSR count). The molecule has 0 fully saturated rings. The van der Waals surface area contributed by atoms with E-state index in [1.807, 2.05) is 0 Å². The van der Waals surface area contributed by atoms with Crippen LogP contribution in [0.5, 0.6) is 0 Å². The Morgan fingerprint density at radius 2 is 1.57 bits per heavy atom. The normalized spacial score (nSPS) is 11.6. The number of benzene rings is 1. The highest BCUT2D eigenvalue weighted by Gasteiger charge is 2.11. The monoisotopic (exact) mass is 206 g/mol. The fraction of sp³-hybridized carbons (Fsp3) is 0.538. The van der Waals surface area contributed by atoms with Crippen molar-refractivity contribution in [3.8, 4) is 0 Å². The fourth-order valence-corrected chi connectivity index (χ4v) is 2.94. The first kappa shape index (κ1) is 11.5. The van der Waals surface area contributed by atoms with Gasteiger partial charge < -0.3 is 0 Å². The van der Waals surface area contributed by atoms with Crippen LogP contribution in [0.15, 0.2) is 30.3 Å². The molecule has 0 unspecified atom stereocenters. The molecule has 14 heavy (non-hydrogen) atoms. The average molecular weight is 206 g/mol. The molecule has 1 aromatic rings. The highest BCUT2D eigenvalue weighted by molar-refractivity contribution is 6.76. The maximum Gasteiger partial charge on any atom is 0.0442 e. The minimum absolute atomic E-state index is 0.795. The van der Waals surface area contributed by atoms with Crippen molar-refractivity contribution in [2.24, 2.45) is 0 Å². The van der Waals surface area contributed by atoms with Crippen molar-refractivity contribution in [3.63, 3.8) is 0 Å². The van der Waals surface area contributed by atoms with E-state index in [2.05, 4.69) is 50.0 Å². The van der Waals surface area contributed by atoms with Crippen molar-refractivity contribution in [2.45, 2.75) is 44.9 Å². The Balaban J connectivity index is 2.17. The number of rotatable bonds is 5. The third-order valence-corrected chi connectivity index (χ3v) is 4.34. The molecule has 0 amide bonds. The zero-order chi connectivity index (χ0) is 10.4. The molecule has 0 atom stereocenters. The Kier molecular flexibility index (Phi) is 4.40.